The molecule has 0 aromatic carbocycles. The molecule has 0 aliphatic carbocycles. The molecule has 1 heterocycles. The van der Waals surface area contributed by atoms with E-state index in [0.29, 0.717) is 5.69 Å². The van der Waals surface area contributed by atoms with E-state index in [4.69, 9.17) is 0 Å². The minimum absolute atomic E-state index is 0.116. The lowest BCUT2D eigenvalue weighted by Gasteiger charge is -2.06. The zero-order chi connectivity index (χ0) is 9.90. The summed E-state index contributed by atoms with van der Waals surface area (Å²) in [7, 11) is 1.70. The number of alkyl halides is 3. The first-order valence-electron chi connectivity index (χ1n) is 3.77. The summed E-state index contributed by atoms with van der Waals surface area (Å²) in [5.74, 6) is 0. The van der Waals surface area contributed by atoms with Crippen molar-refractivity contribution in [3.8, 4) is 0 Å². The van der Waals surface area contributed by atoms with Crippen molar-refractivity contribution in [1.82, 2.24) is 9.78 Å². The molecule has 1 N–H and O–H groups in total. The zero-order valence-electron chi connectivity index (χ0n) is 7.10. The Balaban J connectivity index is 2.28. The molecule has 0 atom stereocenters. The molecule has 0 bridgehead atoms. The van der Waals surface area contributed by atoms with Crippen LogP contribution in [0.15, 0.2) is 12.4 Å². The van der Waals surface area contributed by atoms with E-state index < -0.39 is 12.6 Å². The van der Waals surface area contributed by atoms with Crippen LogP contribution in [0.3, 0.4) is 0 Å². The van der Waals surface area contributed by atoms with Crippen LogP contribution in [0.25, 0.3) is 0 Å². The summed E-state index contributed by atoms with van der Waals surface area (Å²) >= 11 is 0. The van der Waals surface area contributed by atoms with Gasteiger partial charge in [0.15, 0.2) is 0 Å². The van der Waals surface area contributed by atoms with Crippen LogP contribution < -0.4 is 5.32 Å². The van der Waals surface area contributed by atoms with Gasteiger partial charge in [-0.2, -0.15) is 18.3 Å². The first-order valence-corrected chi connectivity index (χ1v) is 3.77. The van der Waals surface area contributed by atoms with E-state index in [9.17, 15) is 13.2 Å². The molecule has 13 heavy (non-hydrogen) atoms. The Hall–Kier alpha value is -1.20. The molecular weight excluding hydrogens is 183 g/mol. The Morgan fingerprint density at radius 3 is 2.69 bits per heavy atom. The van der Waals surface area contributed by atoms with E-state index in [2.05, 4.69) is 10.4 Å². The molecule has 1 aromatic rings. The fraction of sp³-hybridized carbons (Fsp3) is 0.571. The van der Waals surface area contributed by atoms with Gasteiger partial charge in [0.2, 0.25) is 0 Å². The van der Waals surface area contributed by atoms with Gasteiger partial charge in [-0.25, -0.2) is 0 Å². The van der Waals surface area contributed by atoms with Gasteiger partial charge in [-0.05, 0) is 0 Å². The fourth-order valence-corrected chi connectivity index (χ4v) is 0.861. The molecular formula is C7H10F3N3. The monoisotopic (exact) mass is 193 g/mol. The Kier molecular flexibility index (Phi) is 2.79. The molecule has 0 radical (unpaired) electrons. The van der Waals surface area contributed by atoms with Crippen molar-refractivity contribution in [2.24, 2.45) is 7.05 Å². The normalized spacial score (nSPS) is 11.7. The average Bonchev–Trinajstić information content (AvgIpc) is 2.33. The van der Waals surface area contributed by atoms with Crippen molar-refractivity contribution in [2.75, 3.05) is 11.9 Å². The van der Waals surface area contributed by atoms with Gasteiger partial charge in [0.05, 0.1) is 18.3 Å². The van der Waals surface area contributed by atoms with Gasteiger partial charge < -0.3 is 5.32 Å². The van der Waals surface area contributed by atoms with Crippen molar-refractivity contribution in [2.45, 2.75) is 12.6 Å². The van der Waals surface area contributed by atoms with Crippen molar-refractivity contribution in [3.05, 3.63) is 12.4 Å². The number of hydrogen-bond donors (Lipinski definition) is 1. The molecule has 1 aromatic heterocycles. The van der Waals surface area contributed by atoms with Gasteiger partial charge in [0.25, 0.3) is 0 Å². The van der Waals surface area contributed by atoms with Gasteiger partial charge >= 0.3 is 6.18 Å². The molecule has 0 fully saturated rings. The van der Waals surface area contributed by atoms with Crippen LogP contribution in [0, 0.1) is 0 Å². The predicted molar refractivity (Wildman–Crippen MR) is 42.4 cm³/mol. The molecule has 0 aliphatic rings. The van der Waals surface area contributed by atoms with Gasteiger partial charge in [-0.3, -0.25) is 4.68 Å². The lowest BCUT2D eigenvalue weighted by Crippen LogP contribution is -2.14. The van der Waals surface area contributed by atoms with Gasteiger partial charge in [0, 0.05) is 19.8 Å². The fourth-order valence-electron chi connectivity index (χ4n) is 0.861. The highest BCUT2D eigenvalue weighted by Crippen LogP contribution is 2.19. The smallest absolute Gasteiger partial charge is 0.382 e. The Morgan fingerprint density at radius 2 is 2.23 bits per heavy atom. The molecule has 0 spiro atoms. The largest absolute Gasteiger partial charge is 0.390 e. The van der Waals surface area contributed by atoms with Crippen LogP contribution in [0.4, 0.5) is 18.9 Å². The van der Waals surface area contributed by atoms with E-state index in [-0.39, 0.29) is 6.54 Å². The van der Waals surface area contributed by atoms with Crippen LogP contribution in [0.1, 0.15) is 6.42 Å². The highest BCUT2D eigenvalue weighted by atomic mass is 19.4. The third-order valence-electron chi connectivity index (χ3n) is 1.44. The summed E-state index contributed by atoms with van der Waals surface area (Å²) < 4.78 is 36.6. The van der Waals surface area contributed by atoms with E-state index in [1.165, 1.54) is 10.9 Å². The van der Waals surface area contributed by atoms with E-state index in [0.717, 1.165) is 0 Å². The van der Waals surface area contributed by atoms with E-state index >= 15 is 0 Å². The molecule has 6 heteroatoms. The maximum atomic E-state index is 11.7. The molecule has 3 nitrogen and oxygen atoms in total. The van der Waals surface area contributed by atoms with E-state index in [1.54, 1.807) is 13.2 Å². The Morgan fingerprint density at radius 1 is 1.54 bits per heavy atom. The first kappa shape index (κ1) is 9.88. The number of rotatable bonds is 3. The summed E-state index contributed by atoms with van der Waals surface area (Å²) in [4.78, 5) is 0. The third kappa shape index (κ3) is 3.82. The second-order valence-electron chi connectivity index (χ2n) is 2.69. The van der Waals surface area contributed by atoms with Crippen molar-refractivity contribution in [1.29, 1.82) is 0 Å². The quantitative estimate of drug-likeness (QED) is 0.793. The summed E-state index contributed by atoms with van der Waals surface area (Å²) in [5, 5.41) is 6.42. The van der Waals surface area contributed by atoms with Gasteiger partial charge in [0.1, 0.15) is 0 Å². The number of nitrogens with one attached hydrogen (secondary N) is 1. The summed E-state index contributed by atoms with van der Waals surface area (Å²) in [6.45, 7) is -0.116. The molecule has 0 amide bonds. The van der Waals surface area contributed by atoms with Crippen LogP contribution in [0.5, 0.6) is 0 Å². The number of anilines is 1. The third-order valence-corrected chi connectivity index (χ3v) is 1.44. The summed E-state index contributed by atoms with van der Waals surface area (Å²) in [5.41, 5.74) is 0.603. The van der Waals surface area contributed by atoms with Crippen LogP contribution in [0.2, 0.25) is 0 Å². The van der Waals surface area contributed by atoms with Crippen molar-refractivity contribution >= 4 is 5.69 Å². The number of aryl methyl sites for hydroxylation is 1. The van der Waals surface area contributed by atoms with Gasteiger partial charge in [-0.15, -0.1) is 0 Å². The topological polar surface area (TPSA) is 29.9 Å². The highest BCUT2D eigenvalue weighted by Gasteiger charge is 2.26. The molecule has 0 unspecified atom stereocenters. The maximum Gasteiger partial charge on any atom is 0.390 e. The lowest BCUT2D eigenvalue weighted by molar-refractivity contribution is -0.131. The molecule has 0 aliphatic heterocycles. The zero-order valence-corrected chi connectivity index (χ0v) is 7.10. The summed E-state index contributed by atoms with van der Waals surface area (Å²) in [6, 6.07) is 0. The number of hydrogen-bond acceptors (Lipinski definition) is 2. The molecule has 74 valence electrons. The second kappa shape index (κ2) is 3.68. The SMILES string of the molecule is Cn1cc(NCCC(F)(F)F)cn1. The second-order valence-corrected chi connectivity index (χ2v) is 2.69. The highest BCUT2D eigenvalue weighted by molar-refractivity contribution is 5.37. The maximum absolute atomic E-state index is 11.7. The van der Waals surface area contributed by atoms with Crippen molar-refractivity contribution < 1.29 is 13.2 Å². The van der Waals surface area contributed by atoms with Crippen LogP contribution >= 0.6 is 0 Å². The number of halogens is 3. The number of aromatic nitrogens is 2. The number of nitrogens with zero attached hydrogens (tertiary/aromatic N) is 2. The molecule has 0 saturated heterocycles. The van der Waals surface area contributed by atoms with Crippen LogP contribution in [-0.2, 0) is 7.05 Å². The minimum atomic E-state index is -4.10. The summed E-state index contributed by atoms with van der Waals surface area (Å²) in [6.07, 6.45) is -1.83. The average molecular weight is 193 g/mol. The standard InChI is InChI=1S/C7H10F3N3/c1-13-5-6(4-12-13)11-3-2-7(8,9)10/h4-5,11H,2-3H2,1H3. The first-order chi connectivity index (χ1) is 5.97. The van der Waals surface area contributed by atoms with Gasteiger partial charge in [-0.1, -0.05) is 0 Å². The predicted octanol–water partition coefficient (Wildman–Crippen LogP) is 1.78. The van der Waals surface area contributed by atoms with Crippen LogP contribution in [-0.4, -0.2) is 22.5 Å². The van der Waals surface area contributed by atoms with Crippen molar-refractivity contribution in [3.63, 3.8) is 0 Å². The lowest BCUT2D eigenvalue weighted by atomic mass is 10.4. The molecule has 0 saturated carbocycles. The molecule has 1 rings (SSSR count). The van der Waals surface area contributed by atoms with E-state index in [1.807, 2.05) is 0 Å². The Bertz CT molecular complexity index is 266. The minimum Gasteiger partial charge on any atom is -0.382 e. The Labute approximate surface area is 73.5 Å².